The molecular formula is C17H31IN4O. The molecule has 1 saturated heterocycles. The van der Waals surface area contributed by atoms with Crippen molar-refractivity contribution in [3.05, 3.63) is 0 Å². The van der Waals surface area contributed by atoms with Gasteiger partial charge in [0.2, 0.25) is 5.91 Å². The lowest BCUT2D eigenvalue weighted by Gasteiger charge is -2.17. The molecule has 23 heavy (non-hydrogen) atoms. The van der Waals surface area contributed by atoms with Gasteiger partial charge < -0.3 is 15.5 Å². The van der Waals surface area contributed by atoms with Gasteiger partial charge >= 0.3 is 0 Å². The maximum atomic E-state index is 11.6. The largest absolute Gasteiger partial charge is 0.357 e. The third kappa shape index (κ3) is 5.22. The Labute approximate surface area is 157 Å². The van der Waals surface area contributed by atoms with Crippen LogP contribution in [0.4, 0.5) is 0 Å². The molecule has 0 aromatic heterocycles. The number of hydrogen-bond donors (Lipinski definition) is 2. The van der Waals surface area contributed by atoms with E-state index in [1.807, 2.05) is 4.90 Å². The molecule has 0 spiro atoms. The molecule has 2 N–H and O–H groups in total. The lowest BCUT2D eigenvalue weighted by Crippen LogP contribution is -2.39. The first-order chi connectivity index (χ1) is 10.7. The first kappa shape index (κ1) is 18.8. The number of likely N-dealkylation sites (tertiary alicyclic amines) is 1. The zero-order valence-electron chi connectivity index (χ0n) is 14.3. The molecule has 2 saturated carbocycles. The van der Waals surface area contributed by atoms with Gasteiger partial charge in [-0.1, -0.05) is 0 Å². The molecule has 3 fully saturated rings. The van der Waals surface area contributed by atoms with E-state index in [1.54, 1.807) is 0 Å². The normalized spacial score (nSPS) is 22.7. The summed E-state index contributed by atoms with van der Waals surface area (Å²) in [6.45, 7) is 6.68. The third-order valence-electron chi connectivity index (χ3n) is 5.30. The quantitative estimate of drug-likeness (QED) is 0.267. The number of nitrogens with one attached hydrogen (secondary N) is 2. The minimum Gasteiger partial charge on any atom is -0.357 e. The summed E-state index contributed by atoms with van der Waals surface area (Å²) >= 11 is 0. The smallest absolute Gasteiger partial charge is 0.222 e. The standard InChI is InChI=1S/C17H30N4O.HI/c1-2-18-16(20-13-17(8-9-17)14-6-7-14)19-10-4-12-21-11-3-5-15(21)22;/h14H,2-13H2,1H3,(H2,18,19,20);1H. The van der Waals surface area contributed by atoms with Gasteiger partial charge in [-0.15, -0.1) is 24.0 Å². The molecule has 5 nitrogen and oxygen atoms in total. The first-order valence-electron chi connectivity index (χ1n) is 9.03. The zero-order valence-corrected chi connectivity index (χ0v) is 16.6. The molecule has 3 aliphatic rings. The number of hydrogen-bond acceptors (Lipinski definition) is 2. The highest BCUT2D eigenvalue weighted by molar-refractivity contribution is 14.0. The van der Waals surface area contributed by atoms with Crippen molar-refractivity contribution in [2.45, 2.75) is 51.9 Å². The maximum absolute atomic E-state index is 11.6. The van der Waals surface area contributed by atoms with Crippen molar-refractivity contribution in [1.82, 2.24) is 15.5 Å². The monoisotopic (exact) mass is 434 g/mol. The van der Waals surface area contributed by atoms with Crippen molar-refractivity contribution in [3.8, 4) is 0 Å². The average molecular weight is 434 g/mol. The van der Waals surface area contributed by atoms with Gasteiger partial charge in [0.15, 0.2) is 5.96 Å². The molecule has 1 amide bonds. The van der Waals surface area contributed by atoms with Crippen LogP contribution >= 0.6 is 24.0 Å². The van der Waals surface area contributed by atoms with E-state index in [9.17, 15) is 4.79 Å². The number of aliphatic imine (C=N–C) groups is 1. The fourth-order valence-corrected chi connectivity index (χ4v) is 3.55. The second-order valence-corrected chi connectivity index (χ2v) is 7.10. The summed E-state index contributed by atoms with van der Waals surface area (Å²) < 4.78 is 0. The van der Waals surface area contributed by atoms with E-state index in [0.717, 1.165) is 63.9 Å². The number of halogens is 1. The Bertz CT molecular complexity index is 432. The van der Waals surface area contributed by atoms with Crippen molar-refractivity contribution in [1.29, 1.82) is 0 Å². The van der Waals surface area contributed by atoms with Gasteiger partial charge in [0, 0.05) is 39.1 Å². The summed E-state index contributed by atoms with van der Waals surface area (Å²) in [5.74, 6) is 2.23. The number of guanidine groups is 1. The molecule has 0 atom stereocenters. The van der Waals surface area contributed by atoms with Crippen LogP contribution in [0.3, 0.4) is 0 Å². The van der Waals surface area contributed by atoms with Gasteiger partial charge in [-0.05, 0) is 56.8 Å². The van der Waals surface area contributed by atoms with E-state index in [1.165, 1.54) is 25.7 Å². The fourth-order valence-electron chi connectivity index (χ4n) is 3.55. The van der Waals surface area contributed by atoms with E-state index < -0.39 is 0 Å². The topological polar surface area (TPSA) is 56.7 Å². The predicted octanol–water partition coefficient (Wildman–Crippen LogP) is 2.36. The molecule has 2 aliphatic carbocycles. The van der Waals surface area contributed by atoms with Crippen molar-refractivity contribution in [3.63, 3.8) is 0 Å². The van der Waals surface area contributed by atoms with Gasteiger partial charge in [0.25, 0.3) is 0 Å². The SMILES string of the molecule is CCNC(=NCC1(C2CC2)CC1)NCCCN1CCCC1=O.I. The second kappa shape index (κ2) is 8.53. The summed E-state index contributed by atoms with van der Waals surface area (Å²) in [6.07, 6.45) is 8.34. The highest BCUT2D eigenvalue weighted by atomic mass is 127. The molecule has 0 aromatic carbocycles. The van der Waals surface area contributed by atoms with Gasteiger partial charge in [-0.3, -0.25) is 9.79 Å². The van der Waals surface area contributed by atoms with Gasteiger partial charge in [0.05, 0.1) is 0 Å². The Balaban J connectivity index is 0.00000192. The summed E-state index contributed by atoms with van der Waals surface area (Å²) in [7, 11) is 0. The molecule has 6 heteroatoms. The highest BCUT2D eigenvalue weighted by Gasteiger charge is 2.53. The zero-order chi connectivity index (χ0) is 15.4. The van der Waals surface area contributed by atoms with E-state index in [4.69, 9.17) is 4.99 Å². The lowest BCUT2D eigenvalue weighted by atomic mass is 10.0. The van der Waals surface area contributed by atoms with Crippen LogP contribution in [-0.2, 0) is 4.79 Å². The average Bonchev–Trinajstić information content (AvgIpc) is 3.41. The Morgan fingerprint density at radius 3 is 2.70 bits per heavy atom. The van der Waals surface area contributed by atoms with Crippen LogP contribution in [-0.4, -0.2) is 49.5 Å². The summed E-state index contributed by atoms with van der Waals surface area (Å²) in [5.41, 5.74) is 0.560. The predicted molar refractivity (Wildman–Crippen MR) is 104 cm³/mol. The molecule has 132 valence electrons. The van der Waals surface area contributed by atoms with Crippen molar-refractivity contribution >= 4 is 35.8 Å². The van der Waals surface area contributed by atoms with Crippen LogP contribution < -0.4 is 10.6 Å². The van der Waals surface area contributed by atoms with Crippen LogP contribution in [0.2, 0.25) is 0 Å². The second-order valence-electron chi connectivity index (χ2n) is 7.10. The van der Waals surface area contributed by atoms with E-state index in [2.05, 4.69) is 17.6 Å². The number of carbonyl (C=O) groups is 1. The van der Waals surface area contributed by atoms with Crippen molar-refractivity contribution in [2.24, 2.45) is 16.3 Å². The van der Waals surface area contributed by atoms with Crippen molar-refractivity contribution < 1.29 is 4.79 Å². The fraction of sp³-hybridized carbons (Fsp3) is 0.882. The molecule has 1 aliphatic heterocycles. The molecule has 0 radical (unpaired) electrons. The Kier molecular flexibility index (Phi) is 6.98. The lowest BCUT2D eigenvalue weighted by molar-refractivity contribution is -0.127. The molecule has 3 rings (SSSR count). The first-order valence-corrected chi connectivity index (χ1v) is 9.03. The van der Waals surface area contributed by atoms with Crippen LogP contribution in [0.1, 0.15) is 51.9 Å². The third-order valence-corrected chi connectivity index (χ3v) is 5.30. The van der Waals surface area contributed by atoms with Crippen LogP contribution in [0.5, 0.6) is 0 Å². The number of rotatable bonds is 8. The molecular weight excluding hydrogens is 403 g/mol. The van der Waals surface area contributed by atoms with Gasteiger partial charge in [0.1, 0.15) is 0 Å². The minimum atomic E-state index is 0. The van der Waals surface area contributed by atoms with E-state index in [-0.39, 0.29) is 24.0 Å². The summed E-state index contributed by atoms with van der Waals surface area (Å²) in [6, 6.07) is 0. The number of carbonyl (C=O) groups excluding carboxylic acids is 1. The molecule has 0 aromatic rings. The van der Waals surface area contributed by atoms with Crippen LogP contribution in [0.25, 0.3) is 0 Å². The van der Waals surface area contributed by atoms with Crippen LogP contribution in [0, 0.1) is 11.3 Å². The Morgan fingerprint density at radius 1 is 1.35 bits per heavy atom. The van der Waals surface area contributed by atoms with Crippen molar-refractivity contribution in [2.75, 3.05) is 32.7 Å². The van der Waals surface area contributed by atoms with Crippen LogP contribution in [0.15, 0.2) is 4.99 Å². The molecule has 1 heterocycles. The number of amides is 1. The Hall–Kier alpha value is -0.530. The molecule has 0 unspecified atom stereocenters. The maximum Gasteiger partial charge on any atom is 0.222 e. The van der Waals surface area contributed by atoms with E-state index in [0.29, 0.717) is 11.3 Å². The van der Waals surface area contributed by atoms with E-state index >= 15 is 0 Å². The summed E-state index contributed by atoms with van der Waals surface area (Å²) in [5, 5.41) is 6.76. The highest BCUT2D eigenvalue weighted by Crippen LogP contribution is 2.61. The minimum absolute atomic E-state index is 0. The molecule has 0 bridgehead atoms. The Morgan fingerprint density at radius 2 is 2.13 bits per heavy atom. The summed E-state index contributed by atoms with van der Waals surface area (Å²) in [4.78, 5) is 18.4. The van der Waals surface area contributed by atoms with Gasteiger partial charge in [-0.2, -0.15) is 0 Å². The number of nitrogens with zero attached hydrogens (tertiary/aromatic N) is 2. The van der Waals surface area contributed by atoms with Gasteiger partial charge in [-0.25, -0.2) is 0 Å².